The van der Waals surface area contributed by atoms with Crippen LogP contribution in [0.1, 0.15) is 5.82 Å². The average Bonchev–Trinajstić information content (AvgIpc) is 2.37. The van der Waals surface area contributed by atoms with Gasteiger partial charge in [0.25, 0.3) is 0 Å². The predicted molar refractivity (Wildman–Crippen MR) is 36.6 cm³/mol. The zero-order valence-electron chi connectivity index (χ0n) is 6.04. The Morgan fingerprint density at radius 1 is 1.73 bits per heavy atom. The van der Waals surface area contributed by atoms with Crippen molar-refractivity contribution in [1.82, 2.24) is 20.2 Å². The van der Waals surface area contributed by atoms with Crippen molar-refractivity contribution in [2.75, 3.05) is 6.54 Å². The van der Waals surface area contributed by atoms with Gasteiger partial charge in [-0.25, -0.2) is 0 Å². The molecule has 0 spiro atoms. The fourth-order valence-corrected chi connectivity index (χ4v) is 0.597. The summed E-state index contributed by atoms with van der Waals surface area (Å²) in [5, 5.41) is 14.5. The Labute approximate surface area is 62.6 Å². The van der Waals surface area contributed by atoms with Gasteiger partial charge < -0.3 is 0 Å². The molecule has 0 aliphatic rings. The van der Waals surface area contributed by atoms with Gasteiger partial charge in [-0.1, -0.05) is 5.11 Å². The Morgan fingerprint density at radius 3 is 3.09 bits per heavy atom. The van der Waals surface area contributed by atoms with E-state index in [1.807, 2.05) is 0 Å². The van der Waals surface area contributed by atoms with Crippen molar-refractivity contribution >= 4 is 0 Å². The summed E-state index contributed by atoms with van der Waals surface area (Å²) >= 11 is 0. The molecule has 11 heavy (non-hydrogen) atoms. The molecule has 0 fully saturated rings. The van der Waals surface area contributed by atoms with Crippen LogP contribution in [0.15, 0.2) is 5.11 Å². The van der Waals surface area contributed by atoms with Crippen LogP contribution in [0.5, 0.6) is 0 Å². The molecule has 0 saturated carbocycles. The van der Waals surface area contributed by atoms with E-state index >= 15 is 0 Å². The summed E-state index contributed by atoms with van der Waals surface area (Å²) in [6, 6.07) is 0. The number of nitrogens with zero attached hydrogens (tertiary/aromatic N) is 7. The lowest BCUT2D eigenvalue weighted by Gasteiger charge is -1.89. The van der Waals surface area contributed by atoms with E-state index in [9.17, 15) is 0 Å². The first-order chi connectivity index (χ1) is 5.33. The van der Waals surface area contributed by atoms with E-state index in [0.717, 1.165) is 0 Å². The number of rotatable bonds is 3. The summed E-state index contributed by atoms with van der Waals surface area (Å²) in [4.78, 5) is 3.99. The van der Waals surface area contributed by atoms with E-state index in [0.29, 0.717) is 18.9 Å². The number of aromatic nitrogens is 4. The van der Waals surface area contributed by atoms with Gasteiger partial charge in [0.1, 0.15) is 0 Å². The highest BCUT2D eigenvalue weighted by molar-refractivity contribution is 4.66. The van der Waals surface area contributed by atoms with Crippen molar-refractivity contribution < 1.29 is 0 Å². The first-order valence-electron chi connectivity index (χ1n) is 3.08. The Morgan fingerprint density at radius 2 is 2.55 bits per heavy atom. The zero-order chi connectivity index (χ0) is 8.10. The van der Waals surface area contributed by atoms with Gasteiger partial charge in [-0.05, 0) is 17.7 Å². The van der Waals surface area contributed by atoms with Crippen molar-refractivity contribution in [2.45, 2.75) is 13.5 Å². The second kappa shape index (κ2) is 3.52. The summed E-state index contributed by atoms with van der Waals surface area (Å²) in [6.45, 7) is 2.58. The molecule has 7 heteroatoms. The number of aryl methyl sites for hydroxylation is 1. The third-order valence-corrected chi connectivity index (χ3v) is 1.02. The third kappa shape index (κ3) is 2.23. The van der Waals surface area contributed by atoms with Gasteiger partial charge >= 0.3 is 0 Å². The van der Waals surface area contributed by atoms with Gasteiger partial charge in [0.2, 0.25) is 0 Å². The summed E-state index contributed by atoms with van der Waals surface area (Å²) in [7, 11) is 0. The number of azide groups is 1. The molecule has 0 atom stereocenters. The molecule has 7 nitrogen and oxygen atoms in total. The van der Waals surface area contributed by atoms with Crippen LogP contribution in [-0.2, 0) is 6.54 Å². The zero-order valence-corrected chi connectivity index (χ0v) is 6.04. The van der Waals surface area contributed by atoms with Crippen molar-refractivity contribution in [1.29, 1.82) is 0 Å². The van der Waals surface area contributed by atoms with E-state index in [4.69, 9.17) is 5.53 Å². The fraction of sp³-hybridized carbons (Fsp3) is 0.750. The van der Waals surface area contributed by atoms with E-state index in [1.165, 1.54) is 4.80 Å². The first kappa shape index (κ1) is 7.49. The molecule has 0 saturated heterocycles. The summed E-state index contributed by atoms with van der Waals surface area (Å²) in [6.07, 6.45) is 0. The van der Waals surface area contributed by atoms with E-state index < -0.39 is 0 Å². The maximum Gasteiger partial charge on any atom is 0.171 e. The van der Waals surface area contributed by atoms with Crippen LogP contribution in [0.2, 0.25) is 0 Å². The van der Waals surface area contributed by atoms with Crippen LogP contribution < -0.4 is 0 Å². The van der Waals surface area contributed by atoms with Crippen LogP contribution in [0.4, 0.5) is 0 Å². The van der Waals surface area contributed by atoms with Gasteiger partial charge in [0.05, 0.1) is 6.54 Å². The molecule has 1 rings (SSSR count). The minimum Gasteiger partial charge on any atom is -0.164 e. The van der Waals surface area contributed by atoms with E-state index in [2.05, 4.69) is 25.4 Å². The third-order valence-electron chi connectivity index (χ3n) is 1.02. The largest absolute Gasteiger partial charge is 0.171 e. The van der Waals surface area contributed by atoms with Gasteiger partial charge in [-0.2, -0.15) is 4.80 Å². The van der Waals surface area contributed by atoms with Gasteiger partial charge in [-0.3, -0.25) is 0 Å². The molecular formula is C4H7N7. The van der Waals surface area contributed by atoms with Crippen LogP contribution in [0.3, 0.4) is 0 Å². The van der Waals surface area contributed by atoms with E-state index in [-0.39, 0.29) is 0 Å². The second-order valence-corrected chi connectivity index (χ2v) is 1.89. The normalized spacial score (nSPS) is 9.18. The van der Waals surface area contributed by atoms with Crippen molar-refractivity contribution in [3.8, 4) is 0 Å². The van der Waals surface area contributed by atoms with Crippen molar-refractivity contribution in [2.24, 2.45) is 5.11 Å². The van der Waals surface area contributed by atoms with Gasteiger partial charge in [0.15, 0.2) is 5.82 Å². The van der Waals surface area contributed by atoms with Crippen LogP contribution in [0.25, 0.3) is 10.4 Å². The maximum absolute atomic E-state index is 7.94. The molecule has 0 bridgehead atoms. The van der Waals surface area contributed by atoms with Crippen LogP contribution >= 0.6 is 0 Å². The Hall–Kier alpha value is -1.62. The molecule has 0 aromatic carbocycles. The smallest absolute Gasteiger partial charge is 0.164 e. The second-order valence-electron chi connectivity index (χ2n) is 1.89. The standard InChI is InChI=1S/C4H7N7/c1-4-7-10-11(8-4)3-2-6-9-5/h2-3H2,1H3. The SMILES string of the molecule is Cc1nnn(CCN=[N+]=[N-])n1. The van der Waals surface area contributed by atoms with Gasteiger partial charge in [-0.15, -0.1) is 10.2 Å². The minimum atomic E-state index is 0.353. The highest BCUT2D eigenvalue weighted by atomic mass is 15.6. The summed E-state index contributed by atoms with van der Waals surface area (Å²) in [5.74, 6) is 0.617. The Kier molecular flexibility index (Phi) is 2.40. The molecule has 0 aliphatic carbocycles. The summed E-state index contributed by atoms with van der Waals surface area (Å²) in [5.41, 5.74) is 7.94. The molecule has 1 heterocycles. The lowest BCUT2D eigenvalue weighted by Crippen LogP contribution is -2.04. The topological polar surface area (TPSA) is 92.4 Å². The van der Waals surface area contributed by atoms with Gasteiger partial charge in [0, 0.05) is 11.5 Å². The van der Waals surface area contributed by atoms with Crippen LogP contribution in [0, 0.1) is 6.92 Å². The first-order valence-corrected chi connectivity index (χ1v) is 3.08. The molecule has 0 aliphatic heterocycles. The Balaban J connectivity index is 2.44. The average molecular weight is 153 g/mol. The van der Waals surface area contributed by atoms with E-state index in [1.54, 1.807) is 6.92 Å². The lowest BCUT2D eigenvalue weighted by atomic mass is 10.7. The lowest BCUT2D eigenvalue weighted by molar-refractivity contribution is 0.529. The van der Waals surface area contributed by atoms with Crippen LogP contribution in [-0.4, -0.2) is 26.8 Å². The maximum atomic E-state index is 7.94. The highest BCUT2D eigenvalue weighted by Gasteiger charge is 1.93. The predicted octanol–water partition coefficient (Wildman–Crippen LogP) is 0.292. The summed E-state index contributed by atoms with van der Waals surface area (Å²) < 4.78 is 0. The van der Waals surface area contributed by atoms with Crippen molar-refractivity contribution in [3.05, 3.63) is 16.3 Å². The number of hydrogen-bond donors (Lipinski definition) is 0. The molecule has 1 aromatic rings. The highest BCUT2D eigenvalue weighted by Crippen LogP contribution is 1.82. The minimum absolute atomic E-state index is 0.353. The van der Waals surface area contributed by atoms with Crippen molar-refractivity contribution in [3.63, 3.8) is 0 Å². The Bertz CT molecular complexity index is 270. The quantitative estimate of drug-likeness (QED) is 0.355. The molecule has 1 aromatic heterocycles. The molecule has 0 radical (unpaired) electrons. The number of tetrazole rings is 1. The molecule has 0 unspecified atom stereocenters. The molecule has 58 valence electrons. The fourth-order valence-electron chi connectivity index (χ4n) is 0.597. The monoisotopic (exact) mass is 153 g/mol. The molecule has 0 N–H and O–H groups in total. The molecule has 0 amide bonds. The molecular weight excluding hydrogens is 146 g/mol. The number of hydrogen-bond acceptors (Lipinski definition) is 4.